The first kappa shape index (κ1) is 21.3. The molecule has 0 unspecified atom stereocenters. The standard InChI is InChI=1S/C18H22N4O5S/c1-21(2)28(26,27)17-6-3-5-15(13-17)20-18(23)7-4-12-19-14-8-10-16(11-9-14)22(24)25/h3,5-6,8-11,13,19H,4,7,12H2,1-2H3,(H,20,23). The number of carbonyl (C=O) groups is 1. The van der Waals surface area contributed by atoms with Crippen LogP contribution in [0.25, 0.3) is 0 Å². The molecule has 0 fully saturated rings. The van der Waals surface area contributed by atoms with Gasteiger partial charge in [0.1, 0.15) is 0 Å². The Morgan fingerprint density at radius 2 is 1.79 bits per heavy atom. The number of hydrogen-bond donors (Lipinski definition) is 2. The molecule has 2 aromatic rings. The van der Waals surface area contributed by atoms with Crippen LogP contribution in [0.15, 0.2) is 53.4 Å². The molecule has 0 aliphatic heterocycles. The van der Waals surface area contributed by atoms with Gasteiger partial charge in [0.2, 0.25) is 15.9 Å². The summed E-state index contributed by atoms with van der Waals surface area (Å²) in [6.45, 7) is 0.514. The van der Waals surface area contributed by atoms with E-state index < -0.39 is 14.9 Å². The number of anilines is 2. The van der Waals surface area contributed by atoms with Gasteiger partial charge in [-0.3, -0.25) is 14.9 Å². The van der Waals surface area contributed by atoms with Crippen molar-refractivity contribution in [2.24, 2.45) is 0 Å². The van der Waals surface area contributed by atoms with Gasteiger partial charge in [0.05, 0.1) is 9.82 Å². The zero-order valence-corrected chi connectivity index (χ0v) is 16.4. The largest absolute Gasteiger partial charge is 0.385 e. The molecular weight excluding hydrogens is 384 g/mol. The summed E-state index contributed by atoms with van der Waals surface area (Å²) in [5.41, 5.74) is 1.16. The van der Waals surface area contributed by atoms with Gasteiger partial charge in [0, 0.05) is 50.6 Å². The number of non-ortho nitro benzene ring substituents is 1. The second kappa shape index (κ2) is 9.29. The lowest BCUT2D eigenvalue weighted by Gasteiger charge is -2.12. The van der Waals surface area contributed by atoms with Crippen molar-refractivity contribution >= 4 is 33.0 Å². The van der Waals surface area contributed by atoms with Crippen LogP contribution in [-0.2, 0) is 14.8 Å². The van der Waals surface area contributed by atoms with E-state index in [1.54, 1.807) is 24.3 Å². The van der Waals surface area contributed by atoms with Gasteiger partial charge in [0.25, 0.3) is 5.69 Å². The van der Waals surface area contributed by atoms with Crippen molar-refractivity contribution in [1.82, 2.24) is 4.31 Å². The Kier molecular flexibility index (Phi) is 7.07. The van der Waals surface area contributed by atoms with E-state index >= 15 is 0 Å². The molecule has 9 nitrogen and oxygen atoms in total. The van der Waals surface area contributed by atoms with Gasteiger partial charge in [0.15, 0.2) is 0 Å². The monoisotopic (exact) mass is 406 g/mol. The van der Waals surface area contributed by atoms with Crippen molar-refractivity contribution in [2.45, 2.75) is 17.7 Å². The summed E-state index contributed by atoms with van der Waals surface area (Å²) in [4.78, 5) is 22.3. The molecule has 0 aliphatic carbocycles. The third kappa shape index (κ3) is 5.76. The molecule has 0 aliphatic rings. The summed E-state index contributed by atoms with van der Waals surface area (Å²) < 4.78 is 25.4. The van der Waals surface area contributed by atoms with Crippen LogP contribution in [-0.4, -0.2) is 44.2 Å². The lowest BCUT2D eigenvalue weighted by atomic mass is 10.2. The Morgan fingerprint density at radius 1 is 1.11 bits per heavy atom. The third-order valence-electron chi connectivity index (χ3n) is 3.88. The molecule has 150 valence electrons. The summed E-state index contributed by atoms with van der Waals surface area (Å²) in [5, 5.41) is 16.4. The van der Waals surface area contributed by atoms with E-state index in [0.29, 0.717) is 18.7 Å². The summed E-state index contributed by atoms with van der Waals surface area (Å²) in [7, 11) is -0.679. The molecular formula is C18H22N4O5S. The Balaban J connectivity index is 1.82. The Morgan fingerprint density at radius 3 is 2.39 bits per heavy atom. The quantitative estimate of drug-likeness (QED) is 0.375. The van der Waals surface area contributed by atoms with Crippen molar-refractivity contribution in [1.29, 1.82) is 0 Å². The number of sulfonamides is 1. The summed E-state index contributed by atoms with van der Waals surface area (Å²) >= 11 is 0. The third-order valence-corrected chi connectivity index (χ3v) is 5.70. The molecule has 0 heterocycles. The highest BCUT2D eigenvalue weighted by molar-refractivity contribution is 7.89. The van der Waals surface area contributed by atoms with Gasteiger partial charge in [-0.15, -0.1) is 0 Å². The summed E-state index contributed by atoms with van der Waals surface area (Å²) in [6, 6.07) is 12.1. The first-order valence-corrected chi connectivity index (χ1v) is 9.95. The van der Waals surface area contributed by atoms with Gasteiger partial charge in [-0.25, -0.2) is 12.7 Å². The van der Waals surface area contributed by atoms with E-state index in [1.807, 2.05) is 0 Å². The normalized spacial score (nSPS) is 11.2. The van der Waals surface area contributed by atoms with Crippen molar-refractivity contribution < 1.29 is 18.1 Å². The van der Waals surface area contributed by atoms with Crippen LogP contribution in [0.4, 0.5) is 17.1 Å². The average Bonchev–Trinajstić information content (AvgIpc) is 2.65. The minimum Gasteiger partial charge on any atom is -0.385 e. The molecule has 2 rings (SSSR count). The molecule has 0 saturated carbocycles. The second-order valence-corrected chi connectivity index (χ2v) is 8.35. The van der Waals surface area contributed by atoms with Gasteiger partial charge < -0.3 is 10.6 Å². The fraction of sp³-hybridized carbons (Fsp3) is 0.278. The topological polar surface area (TPSA) is 122 Å². The number of amides is 1. The zero-order chi connectivity index (χ0) is 20.7. The summed E-state index contributed by atoms with van der Waals surface area (Å²) in [6.07, 6.45) is 0.781. The zero-order valence-electron chi connectivity index (χ0n) is 15.6. The number of benzene rings is 2. The minimum atomic E-state index is -3.57. The first-order chi connectivity index (χ1) is 13.2. The highest BCUT2D eigenvalue weighted by Gasteiger charge is 2.17. The maximum Gasteiger partial charge on any atom is 0.269 e. The molecule has 0 atom stereocenters. The number of nitrogens with zero attached hydrogens (tertiary/aromatic N) is 2. The lowest BCUT2D eigenvalue weighted by molar-refractivity contribution is -0.384. The highest BCUT2D eigenvalue weighted by Crippen LogP contribution is 2.18. The van der Waals surface area contributed by atoms with E-state index in [-0.39, 0.29) is 22.9 Å². The molecule has 0 saturated heterocycles. The van der Waals surface area contributed by atoms with Crippen LogP contribution < -0.4 is 10.6 Å². The minimum absolute atomic E-state index is 0.0171. The van der Waals surface area contributed by atoms with Crippen molar-refractivity contribution in [3.63, 3.8) is 0 Å². The molecule has 0 aromatic heterocycles. The number of nitro benzene ring substituents is 1. The van der Waals surface area contributed by atoms with Gasteiger partial charge in [-0.05, 0) is 36.8 Å². The molecule has 28 heavy (non-hydrogen) atoms. The van der Waals surface area contributed by atoms with Crippen LogP contribution in [0.2, 0.25) is 0 Å². The van der Waals surface area contributed by atoms with Crippen molar-refractivity contribution in [2.75, 3.05) is 31.3 Å². The molecule has 0 radical (unpaired) electrons. The number of carbonyl (C=O) groups excluding carboxylic acids is 1. The highest BCUT2D eigenvalue weighted by atomic mass is 32.2. The predicted octanol–water partition coefficient (Wildman–Crippen LogP) is 2.68. The second-order valence-electron chi connectivity index (χ2n) is 6.20. The molecule has 0 spiro atoms. The van der Waals surface area contributed by atoms with Gasteiger partial charge in [-0.1, -0.05) is 6.07 Å². The molecule has 2 N–H and O–H groups in total. The Labute approximate surface area is 163 Å². The van der Waals surface area contributed by atoms with E-state index in [0.717, 1.165) is 9.99 Å². The van der Waals surface area contributed by atoms with Crippen LogP contribution in [0.3, 0.4) is 0 Å². The maximum absolute atomic E-state index is 12.1. The van der Waals surface area contributed by atoms with E-state index in [1.165, 1.54) is 38.4 Å². The molecule has 2 aromatic carbocycles. The SMILES string of the molecule is CN(C)S(=O)(=O)c1cccc(NC(=O)CCCNc2ccc([N+](=O)[O-])cc2)c1. The smallest absolute Gasteiger partial charge is 0.269 e. The van der Waals surface area contributed by atoms with E-state index in [2.05, 4.69) is 10.6 Å². The lowest BCUT2D eigenvalue weighted by Crippen LogP contribution is -2.22. The predicted molar refractivity (Wildman–Crippen MR) is 107 cm³/mol. The average molecular weight is 406 g/mol. The van der Waals surface area contributed by atoms with Crippen molar-refractivity contribution in [3.8, 4) is 0 Å². The summed E-state index contributed by atoms with van der Waals surface area (Å²) in [5.74, 6) is -0.232. The van der Waals surface area contributed by atoms with Crippen LogP contribution in [0.1, 0.15) is 12.8 Å². The van der Waals surface area contributed by atoms with Gasteiger partial charge >= 0.3 is 0 Å². The first-order valence-electron chi connectivity index (χ1n) is 8.51. The van der Waals surface area contributed by atoms with Gasteiger partial charge in [-0.2, -0.15) is 0 Å². The maximum atomic E-state index is 12.1. The van der Waals surface area contributed by atoms with E-state index in [9.17, 15) is 23.3 Å². The van der Waals surface area contributed by atoms with Crippen LogP contribution >= 0.6 is 0 Å². The fourth-order valence-corrected chi connectivity index (χ4v) is 3.30. The number of hydrogen-bond acceptors (Lipinski definition) is 6. The fourth-order valence-electron chi connectivity index (χ4n) is 2.35. The van der Waals surface area contributed by atoms with Crippen molar-refractivity contribution in [3.05, 3.63) is 58.6 Å². The Hall–Kier alpha value is -2.98. The van der Waals surface area contributed by atoms with Crippen LogP contribution in [0, 0.1) is 10.1 Å². The number of rotatable bonds is 9. The van der Waals surface area contributed by atoms with E-state index in [4.69, 9.17) is 0 Å². The van der Waals surface area contributed by atoms with Crippen LogP contribution in [0.5, 0.6) is 0 Å². The number of nitrogens with one attached hydrogen (secondary N) is 2. The molecule has 1 amide bonds. The molecule has 0 bridgehead atoms. The Bertz CT molecular complexity index is 943. The molecule has 10 heteroatoms. The number of nitro groups is 1.